The van der Waals surface area contributed by atoms with E-state index in [4.69, 9.17) is 0 Å². The number of benzene rings is 2. The van der Waals surface area contributed by atoms with Crippen LogP contribution >= 0.6 is 0 Å². The molecule has 0 radical (unpaired) electrons. The second-order valence-corrected chi connectivity index (χ2v) is 9.26. The first kappa shape index (κ1) is 18.1. The van der Waals surface area contributed by atoms with Gasteiger partial charge in [0.25, 0.3) is 0 Å². The molecule has 0 aromatic heterocycles. The lowest BCUT2D eigenvalue weighted by Crippen LogP contribution is -2.49. The van der Waals surface area contributed by atoms with Gasteiger partial charge >= 0.3 is 5.97 Å². The van der Waals surface area contributed by atoms with Crippen LogP contribution in [-0.2, 0) is 4.79 Å². The monoisotopic (exact) mass is 388 g/mol. The highest BCUT2D eigenvalue weighted by Crippen LogP contribution is 2.61. The number of rotatable bonds is 2. The minimum Gasteiger partial charge on any atom is -0.478 e. The Morgan fingerprint density at radius 1 is 1.07 bits per heavy atom. The SMILES string of the molecule is CC1(C)CC(=O)N2N1C1C(=C(c3ccccc3)c3cc(C(=O)O)ccc31)C2(C)C. The van der Waals surface area contributed by atoms with Crippen molar-refractivity contribution in [1.82, 2.24) is 10.0 Å². The van der Waals surface area contributed by atoms with E-state index in [0.717, 1.165) is 22.3 Å². The minimum atomic E-state index is -0.931. The van der Waals surface area contributed by atoms with Gasteiger partial charge in [0.05, 0.1) is 17.1 Å². The molecule has 148 valence electrons. The van der Waals surface area contributed by atoms with Gasteiger partial charge in [-0.2, -0.15) is 0 Å². The molecular weight excluding hydrogens is 364 g/mol. The average Bonchev–Trinajstić information content (AvgIpc) is 3.21. The zero-order valence-corrected chi connectivity index (χ0v) is 17.1. The molecule has 29 heavy (non-hydrogen) atoms. The number of nitrogens with zero attached hydrogens (tertiary/aromatic N) is 2. The van der Waals surface area contributed by atoms with Gasteiger partial charge in [-0.3, -0.25) is 9.80 Å². The lowest BCUT2D eigenvalue weighted by atomic mass is 9.85. The molecule has 1 atom stereocenters. The number of hydrogen-bond acceptors (Lipinski definition) is 3. The number of carbonyl (C=O) groups is 2. The Hall–Kier alpha value is -2.92. The van der Waals surface area contributed by atoms with Crippen LogP contribution in [-0.4, -0.2) is 38.1 Å². The number of carboxylic acids is 1. The van der Waals surface area contributed by atoms with Crippen LogP contribution in [0.5, 0.6) is 0 Å². The average molecular weight is 388 g/mol. The maximum Gasteiger partial charge on any atom is 0.335 e. The maximum atomic E-state index is 13.0. The van der Waals surface area contributed by atoms with Crippen molar-refractivity contribution in [2.75, 3.05) is 0 Å². The van der Waals surface area contributed by atoms with Gasteiger partial charge in [-0.15, -0.1) is 0 Å². The Kier molecular flexibility index (Phi) is 3.48. The molecule has 5 heteroatoms. The third kappa shape index (κ3) is 2.25. The molecule has 2 heterocycles. The molecule has 2 fully saturated rings. The number of hydrazine groups is 1. The second kappa shape index (κ2) is 5.57. The Bertz CT molecular complexity index is 1100. The quantitative estimate of drug-likeness (QED) is 0.835. The smallest absolute Gasteiger partial charge is 0.335 e. The predicted molar refractivity (Wildman–Crippen MR) is 110 cm³/mol. The summed E-state index contributed by atoms with van der Waals surface area (Å²) in [6.45, 7) is 8.41. The summed E-state index contributed by atoms with van der Waals surface area (Å²) in [6, 6.07) is 15.4. The topological polar surface area (TPSA) is 60.9 Å². The van der Waals surface area contributed by atoms with Crippen molar-refractivity contribution >= 4 is 17.4 Å². The molecule has 3 aliphatic rings. The van der Waals surface area contributed by atoms with Gasteiger partial charge in [-0.1, -0.05) is 36.4 Å². The molecule has 2 aliphatic heterocycles. The van der Waals surface area contributed by atoms with Crippen LogP contribution in [0.1, 0.15) is 67.2 Å². The fraction of sp³-hybridized carbons (Fsp3) is 0.333. The Labute approximate surface area is 170 Å². The maximum absolute atomic E-state index is 13.0. The Morgan fingerprint density at radius 3 is 2.41 bits per heavy atom. The van der Waals surface area contributed by atoms with E-state index in [1.165, 1.54) is 5.57 Å². The summed E-state index contributed by atoms with van der Waals surface area (Å²) in [5.74, 6) is -0.794. The summed E-state index contributed by atoms with van der Waals surface area (Å²) < 4.78 is 0. The number of fused-ring (bicyclic) bond motifs is 5. The van der Waals surface area contributed by atoms with Gasteiger partial charge in [0.15, 0.2) is 0 Å². The van der Waals surface area contributed by atoms with E-state index in [0.29, 0.717) is 6.42 Å². The molecule has 1 amide bonds. The van der Waals surface area contributed by atoms with Gasteiger partial charge in [-0.25, -0.2) is 9.80 Å². The third-order valence-corrected chi connectivity index (χ3v) is 6.56. The van der Waals surface area contributed by atoms with Crippen LogP contribution < -0.4 is 0 Å². The first-order chi connectivity index (χ1) is 13.6. The minimum absolute atomic E-state index is 0.0699. The fourth-order valence-electron chi connectivity index (χ4n) is 5.47. The largest absolute Gasteiger partial charge is 0.478 e. The van der Waals surface area contributed by atoms with E-state index in [-0.39, 0.29) is 23.1 Å². The van der Waals surface area contributed by atoms with E-state index in [2.05, 4.69) is 44.8 Å². The van der Waals surface area contributed by atoms with Gasteiger partial charge in [-0.05, 0) is 67.7 Å². The van der Waals surface area contributed by atoms with Gasteiger partial charge in [0, 0.05) is 12.0 Å². The molecule has 1 unspecified atom stereocenters. The Morgan fingerprint density at radius 2 is 1.76 bits per heavy atom. The van der Waals surface area contributed by atoms with Crippen LogP contribution in [0.15, 0.2) is 54.1 Å². The summed E-state index contributed by atoms with van der Waals surface area (Å²) in [6.07, 6.45) is 0.476. The fourth-order valence-corrected chi connectivity index (χ4v) is 5.47. The zero-order valence-electron chi connectivity index (χ0n) is 17.1. The lowest BCUT2D eigenvalue weighted by molar-refractivity contribution is -0.145. The normalized spacial score (nSPS) is 23.9. The van der Waals surface area contributed by atoms with Crippen LogP contribution in [0.4, 0.5) is 0 Å². The molecule has 2 saturated heterocycles. The number of carboxylic acid groups (broad SMARTS) is 1. The molecule has 5 rings (SSSR count). The van der Waals surface area contributed by atoms with E-state index in [1.807, 2.05) is 29.3 Å². The van der Waals surface area contributed by atoms with Gasteiger partial charge in [0.2, 0.25) is 5.91 Å². The second-order valence-electron chi connectivity index (χ2n) is 9.26. The van der Waals surface area contributed by atoms with Crippen molar-refractivity contribution in [3.8, 4) is 0 Å². The number of amides is 1. The molecular formula is C24H24N2O3. The standard InChI is InChI=1S/C24H24N2O3/c1-23(2)13-18(27)25-24(3,4)20-19(14-8-6-5-7-9-14)17-12-15(22(28)29)10-11-16(17)21(20)26(23)25/h5-12,21H,13H2,1-4H3,(H,28,29). The predicted octanol–water partition coefficient (Wildman–Crippen LogP) is 4.26. The van der Waals surface area contributed by atoms with Gasteiger partial charge in [0.1, 0.15) is 0 Å². The van der Waals surface area contributed by atoms with E-state index in [9.17, 15) is 14.7 Å². The lowest BCUT2D eigenvalue weighted by Gasteiger charge is -2.38. The molecule has 5 nitrogen and oxygen atoms in total. The van der Waals surface area contributed by atoms with E-state index < -0.39 is 11.5 Å². The molecule has 1 aliphatic carbocycles. The van der Waals surface area contributed by atoms with Crippen molar-refractivity contribution in [3.63, 3.8) is 0 Å². The van der Waals surface area contributed by atoms with Crippen molar-refractivity contribution in [1.29, 1.82) is 0 Å². The van der Waals surface area contributed by atoms with Crippen LogP contribution in [0.25, 0.3) is 5.57 Å². The summed E-state index contributed by atoms with van der Waals surface area (Å²) in [7, 11) is 0. The molecule has 1 N–H and O–H groups in total. The van der Waals surface area contributed by atoms with Crippen LogP contribution in [0.3, 0.4) is 0 Å². The Balaban J connectivity index is 1.85. The number of carbonyl (C=O) groups excluding carboxylic acids is 1. The molecule has 0 spiro atoms. The highest BCUT2D eigenvalue weighted by molar-refractivity contribution is 5.96. The highest BCUT2D eigenvalue weighted by Gasteiger charge is 2.63. The first-order valence-corrected chi connectivity index (χ1v) is 9.94. The first-order valence-electron chi connectivity index (χ1n) is 9.94. The zero-order chi connectivity index (χ0) is 20.7. The number of hydrogen-bond donors (Lipinski definition) is 1. The van der Waals surface area contributed by atoms with Crippen molar-refractivity contribution in [2.45, 2.75) is 51.2 Å². The summed E-state index contributed by atoms with van der Waals surface area (Å²) in [5.41, 5.74) is 4.78. The third-order valence-electron chi connectivity index (χ3n) is 6.56. The van der Waals surface area contributed by atoms with Gasteiger partial charge < -0.3 is 5.11 Å². The van der Waals surface area contributed by atoms with Crippen LogP contribution in [0, 0.1) is 0 Å². The summed E-state index contributed by atoms with van der Waals surface area (Å²) in [4.78, 5) is 24.7. The molecule has 2 aromatic rings. The summed E-state index contributed by atoms with van der Waals surface area (Å²) in [5, 5.41) is 13.7. The van der Waals surface area contributed by atoms with E-state index in [1.54, 1.807) is 12.1 Å². The molecule has 0 saturated carbocycles. The number of aromatic carboxylic acids is 1. The molecule has 0 bridgehead atoms. The van der Waals surface area contributed by atoms with Crippen molar-refractivity contribution in [3.05, 3.63) is 76.4 Å². The van der Waals surface area contributed by atoms with Crippen molar-refractivity contribution in [2.24, 2.45) is 0 Å². The van der Waals surface area contributed by atoms with Crippen molar-refractivity contribution < 1.29 is 14.7 Å². The van der Waals surface area contributed by atoms with E-state index >= 15 is 0 Å². The summed E-state index contributed by atoms with van der Waals surface area (Å²) >= 11 is 0. The van der Waals surface area contributed by atoms with Crippen LogP contribution in [0.2, 0.25) is 0 Å². The molecule has 2 aromatic carbocycles. The highest BCUT2D eigenvalue weighted by atomic mass is 16.4.